The molecule has 0 radical (unpaired) electrons. The monoisotopic (exact) mass is 321 g/mol. The average Bonchev–Trinajstić information content (AvgIpc) is 2.60. The lowest BCUT2D eigenvalue weighted by Crippen LogP contribution is -2.41. The highest BCUT2D eigenvalue weighted by atomic mass is 16.4. The van der Waals surface area contributed by atoms with Crippen LogP contribution in [0.4, 0.5) is 0 Å². The van der Waals surface area contributed by atoms with E-state index >= 15 is 0 Å². The third-order valence-electron chi connectivity index (χ3n) is 3.34. The first kappa shape index (κ1) is 17.2. The lowest BCUT2D eigenvalue weighted by molar-refractivity contribution is -0.141. The summed E-state index contributed by atoms with van der Waals surface area (Å²) in [6.45, 7) is 0. The van der Waals surface area contributed by atoms with Crippen LogP contribution in [0.25, 0.3) is 6.08 Å². The Kier molecular flexibility index (Phi) is 6.53. The maximum absolute atomic E-state index is 11.9. The molecule has 2 N–H and O–H groups in total. The topological polar surface area (TPSA) is 66.4 Å². The number of rotatable bonds is 7. The van der Waals surface area contributed by atoms with Crippen molar-refractivity contribution in [3.05, 3.63) is 90.0 Å². The molecule has 0 aliphatic carbocycles. The lowest BCUT2D eigenvalue weighted by Gasteiger charge is -2.13. The Labute approximate surface area is 141 Å². The Morgan fingerprint density at radius 1 is 0.958 bits per heavy atom. The third-order valence-corrected chi connectivity index (χ3v) is 3.34. The van der Waals surface area contributed by atoms with Gasteiger partial charge in [0.25, 0.3) is 0 Å². The number of nitrogens with one attached hydrogen (secondary N) is 1. The van der Waals surface area contributed by atoms with Gasteiger partial charge in [-0.05, 0) is 11.1 Å². The van der Waals surface area contributed by atoms with Crippen LogP contribution >= 0.6 is 0 Å². The van der Waals surface area contributed by atoms with Gasteiger partial charge in [0.2, 0.25) is 5.91 Å². The van der Waals surface area contributed by atoms with Gasteiger partial charge in [-0.2, -0.15) is 0 Å². The molecule has 1 unspecified atom stereocenters. The van der Waals surface area contributed by atoms with Gasteiger partial charge >= 0.3 is 5.97 Å². The van der Waals surface area contributed by atoms with Crippen molar-refractivity contribution in [2.24, 2.45) is 0 Å². The number of aliphatic carboxylic acids is 1. The van der Waals surface area contributed by atoms with Crippen LogP contribution in [-0.4, -0.2) is 23.0 Å². The minimum absolute atomic E-state index is 0.246. The van der Waals surface area contributed by atoms with E-state index in [-0.39, 0.29) is 6.42 Å². The van der Waals surface area contributed by atoms with Crippen LogP contribution in [0, 0.1) is 0 Å². The number of hydrogen-bond donors (Lipinski definition) is 2. The van der Waals surface area contributed by atoms with Crippen LogP contribution in [0.5, 0.6) is 0 Å². The number of carboxylic acid groups (broad SMARTS) is 1. The van der Waals surface area contributed by atoms with Crippen molar-refractivity contribution in [2.75, 3.05) is 0 Å². The maximum Gasteiger partial charge on any atom is 0.326 e. The van der Waals surface area contributed by atoms with E-state index < -0.39 is 17.9 Å². The van der Waals surface area contributed by atoms with E-state index in [1.807, 2.05) is 66.7 Å². The van der Waals surface area contributed by atoms with E-state index in [4.69, 9.17) is 0 Å². The van der Waals surface area contributed by atoms with Crippen LogP contribution in [0.1, 0.15) is 11.1 Å². The molecule has 0 bridgehead atoms. The van der Waals surface area contributed by atoms with E-state index in [0.29, 0.717) is 0 Å². The summed E-state index contributed by atoms with van der Waals surface area (Å²) in [6, 6.07) is 17.9. The van der Waals surface area contributed by atoms with Gasteiger partial charge < -0.3 is 10.4 Å². The molecule has 2 rings (SSSR count). The molecule has 4 heteroatoms. The van der Waals surface area contributed by atoms with Crippen LogP contribution < -0.4 is 5.32 Å². The van der Waals surface area contributed by atoms with Crippen LogP contribution in [0.3, 0.4) is 0 Å². The minimum atomic E-state index is -1.06. The molecule has 0 saturated carbocycles. The first-order valence-electron chi connectivity index (χ1n) is 7.62. The summed E-state index contributed by atoms with van der Waals surface area (Å²) < 4.78 is 0. The molecule has 0 fully saturated rings. The summed E-state index contributed by atoms with van der Waals surface area (Å²) in [5.74, 6) is -1.49. The van der Waals surface area contributed by atoms with Gasteiger partial charge in [-0.1, -0.05) is 78.9 Å². The largest absolute Gasteiger partial charge is 0.480 e. The summed E-state index contributed by atoms with van der Waals surface area (Å²) in [5.41, 5.74) is 1.88. The second-order valence-electron chi connectivity index (χ2n) is 5.22. The quantitative estimate of drug-likeness (QED) is 0.608. The molecule has 24 heavy (non-hydrogen) atoms. The highest BCUT2D eigenvalue weighted by Crippen LogP contribution is 2.04. The van der Waals surface area contributed by atoms with Crippen LogP contribution in [0.15, 0.2) is 78.9 Å². The molecular formula is C20H19NO3. The van der Waals surface area contributed by atoms with Crippen molar-refractivity contribution in [1.29, 1.82) is 0 Å². The van der Waals surface area contributed by atoms with Crippen LogP contribution in [-0.2, 0) is 16.0 Å². The van der Waals surface area contributed by atoms with Gasteiger partial charge in [0.05, 0.1) is 0 Å². The van der Waals surface area contributed by atoms with Crippen LogP contribution in [0.2, 0.25) is 0 Å². The van der Waals surface area contributed by atoms with Crippen molar-refractivity contribution in [1.82, 2.24) is 5.32 Å². The fourth-order valence-electron chi connectivity index (χ4n) is 2.14. The zero-order valence-electron chi connectivity index (χ0n) is 13.1. The number of carboxylic acids is 1. The number of allylic oxidation sites excluding steroid dienone is 2. The zero-order valence-corrected chi connectivity index (χ0v) is 13.1. The van der Waals surface area contributed by atoms with Gasteiger partial charge in [-0.25, -0.2) is 4.79 Å². The standard InChI is InChI=1S/C20H19NO3/c22-19(14-8-7-11-16-9-3-1-4-10-16)21-18(20(23)24)15-17-12-5-2-6-13-17/h1-14,18H,15H2,(H,21,22)(H,23,24)/b11-7+,14-8+. The third kappa shape index (κ3) is 5.93. The average molecular weight is 321 g/mol. The Bertz CT molecular complexity index is 721. The molecular weight excluding hydrogens is 302 g/mol. The predicted octanol–water partition coefficient (Wildman–Crippen LogP) is 3.07. The second kappa shape index (κ2) is 9.10. The predicted molar refractivity (Wildman–Crippen MR) is 94.3 cm³/mol. The maximum atomic E-state index is 11.9. The van der Waals surface area contributed by atoms with Crippen molar-refractivity contribution >= 4 is 18.0 Å². The van der Waals surface area contributed by atoms with Crippen molar-refractivity contribution < 1.29 is 14.7 Å². The van der Waals surface area contributed by atoms with E-state index in [2.05, 4.69) is 5.32 Å². The Balaban J connectivity index is 1.89. The number of hydrogen-bond acceptors (Lipinski definition) is 2. The summed E-state index contributed by atoms with van der Waals surface area (Å²) in [4.78, 5) is 23.2. The molecule has 2 aromatic carbocycles. The summed E-state index contributed by atoms with van der Waals surface area (Å²) >= 11 is 0. The molecule has 0 saturated heterocycles. The first-order chi connectivity index (χ1) is 11.6. The number of amides is 1. The molecule has 0 heterocycles. The van der Waals surface area contributed by atoms with Gasteiger partial charge in [0, 0.05) is 12.5 Å². The molecule has 0 aliphatic heterocycles. The normalized spacial score (nSPS) is 12.3. The van der Waals surface area contributed by atoms with E-state index in [9.17, 15) is 14.7 Å². The Morgan fingerprint density at radius 3 is 2.21 bits per heavy atom. The summed E-state index contributed by atoms with van der Waals surface area (Å²) in [5, 5.41) is 11.8. The Hall–Kier alpha value is -3.14. The van der Waals surface area contributed by atoms with Gasteiger partial charge in [0.15, 0.2) is 0 Å². The number of benzene rings is 2. The van der Waals surface area contributed by atoms with Crippen molar-refractivity contribution in [3.63, 3.8) is 0 Å². The number of carbonyl (C=O) groups excluding carboxylic acids is 1. The fraction of sp³-hybridized carbons (Fsp3) is 0.100. The van der Waals surface area contributed by atoms with Gasteiger partial charge in [-0.3, -0.25) is 4.79 Å². The fourth-order valence-corrected chi connectivity index (χ4v) is 2.14. The molecule has 0 aliphatic rings. The minimum Gasteiger partial charge on any atom is -0.480 e. The molecule has 122 valence electrons. The second-order valence-corrected chi connectivity index (χ2v) is 5.22. The van der Waals surface area contributed by atoms with E-state index in [0.717, 1.165) is 11.1 Å². The van der Waals surface area contributed by atoms with Crippen molar-refractivity contribution in [3.8, 4) is 0 Å². The van der Waals surface area contributed by atoms with Crippen molar-refractivity contribution in [2.45, 2.75) is 12.5 Å². The molecule has 0 spiro atoms. The van der Waals surface area contributed by atoms with E-state index in [1.54, 1.807) is 12.2 Å². The smallest absolute Gasteiger partial charge is 0.326 e. The zero-order chi connectivity index (χ0) is 17.2. The molecule has 4 nitrogen and oxygen atoms in total. The highest BCUT2D eigenvalue weighted by molar-refractivity contribution is 5.91. The highest BCUT2D eigenvalue weighted by Gasteiger charge is 2.19. The molecule has 2 aromatic rings. The lowest BCUT2D eigenvalue weighted by atomic mass is 10.1. The Morgan fingerprint density at radius 2 is 1.58 bits per heavy atom. The molecule has 1 amide bonds. The number of carbonyl (C=O) groups is 2. The summed E-state index contributed by atoms with van der Waals surface area (Å²) in [6.07, 6.45) is 6.75. The SMILES string of the molecule is O=C(/C=C/C=C/c1ccccc1)NC(Cc1ccccc1)C(=O)O. The molecule has 0 aromatic heterocycles. The van der Waals surface area contributed by atoms with Gasteiger partial charge in [0.1, 0.15) is 6.04 Å². The van der Waals surface area contributed by atoms with E-state index in [1.165, 1.54) is 6.08 Å². The molecule has 1 atom stereocenters. The summed E-state index contributed by atoms with van der Waals surface area (Å²) in [7, 11) is 0. The van der Waals surface area contributed by atoms with Gasteiger partial charge in [-0.15, -0.1) is 0 Å². The first-order valence-corrected chi connectivity index (χ1v) is 7.62.